The van der Waals surface area contributed by atoms with E-state index in [1.165, 1.54) is 12.1 Å². The number of para-hydroxylation sites is 1. The van der Waals surface area contributed by atoms with E-state index in [0.717, 1.165) is 5.56 Å². The molecule has 0 fully saturated rings. The molecule has 3 rings (SSSR count). The fraction of sp³-hybridized carbons (Fsp3) is 0.484. The molecule has 0 unspecified atom stereocenters. The Kier molecular flexibility index (Phi) is 11.3. The van der Waals surface area contributed by atoms with Crippen LogP contribution in [0.2, 0.25) is 0 Å². The molecule has 2 aromatic carbocycles. The highest BCUT2D eigenvalue weighted by Crippen LogP contribution is 2.23. The molecule has 1 aliphatic rings. The number of hydrogen-bond acceptors (Lipinski definition) is 5. The lowest BCUT2D eigenvalue weighted by atomic mass is 9.84. The van der Waals surface area contributed by atoms with E-state index in [1.807, 2.05) is 27.7 Å². The Labute approximate surface area is 241 Å². The molecule has 1 heterocycles. The normalized spacial score (nSPS) is 19.3. The Morgan fingerprint density at radius 3 is 2.49 bits per heavy atom. The predicted octanol–water partition coefficient (Wildman–Crippen LogP) is 3.23. The van der Waals surface area contributed by atoms with Crippen molar-refractivity contribution in [1.82, 2.24) is 21.3 Å². The smallest absolute Gasteiger partial charge is 0.255 e. The second-order valence-electron chi connectivity index (χ2n) is 11.4. The lowest BCUT2D eigenvalue weighted by molar-refractivity contribution is -0.129. The van der Waals surface area contributed by atoms with Crippen molar-refractivity contribution >= 4 is 23.6 Å². The molecule has 0 bridgehead atoms. The Hall–Kier alpha value is -3.95. The summed E-state index contributed by atoms with van der Waals surface area (Å²) in [7, 11) is 0. The van der Waals surface area contributed by atoms with Crippen LogP contribution in [0, 0.1) is 11.7 Å². The minimum absolute atomic E-state index is 0.0133. The first kappa shape index (κ1) is 31.6. The summed E-state index contributed by atoms with van der Waals surface area (Å²) < 4.78 is 19.3. The van der Waals surface area contributed by atoms with Crippen LogP contribution in [-0.4, -0.2) is 55.4 Å². The third kappa shape index (κ3) is 9.58. The number of ether oxygens (including phenoxy) is 1. The zero-order valence-electron chi connectivity index (χ0n) is 24.2. The number of halogens is 1. The number of carbonyl (C=O) groups excluding carboxylic acids is 4. The first-order valence-electron chi connectivity index (χ1n) is 14.1. The number of carbonyl (C=O) groups is 4. The van der Waals surface area contributed by atoms with Gasteiger partial charge in [0.05, 0.1) is 12.2 Å². The van der Waals surface area contributed by atoms with Gasteiger partial charge in [-0.05, 0) is 55.0 Å². The third-order valence-corrected chi connectivity index (χ3v) is 6.98. The summed E-state index contributed by atoms with van der Waals surface area (Å²) in [6, 6.07) is 11.0. The van der Waals surface area contributed by atoms with Gasteiger partial charge in [-0.3, -0.25) is 19.2 Å². The highest BCUT2D eigenvalue weighted by atomic mass is 19.1. The van der Waals surface area contributed by atoms with Gasteiger partial charge in [-0.25, -0.2) is 4.39 Å². The van der Waals surface area contributed by atoms with Crippen molar-refractivity contribution in [3.05, 3.63) is 65.5 Å². The van der Waals surface area contributed by atoms with E-state index in [4.69, 9.17) is 4.74 Å². The summed E-state index contributed by atoms with van der Waals surface area (Å²) in [5.41, 5.74) is 0.566. The lowest BCUT2D eigenvalue weighted by Crippen LogP contribution is -2.51. The fourth-order valence-corrected chi connectivity index (χ4v) is 4.55. The Balaban J connectivity index is 1.81. The average Bonchev–Trinajstić information content (AvgIpc) is 2.93. The van der Waals surface area contributed by atoms with Crippen LogP contribution in [0.15, 0.2) is 48.5 Å². The zero-order valence-corrected chi connectivity index (χ0v) is 24.2. The van der Waals surface area contributed by atoms with Gasteiger partial charge in [0, 0.05) is 24.9 Å². The molecule has 0 aliphatic carbocycles. The van der Waals surface area contributed by atoms with Gasteiger partial charge in [-0.15, -0.1) is 0 Å². The molecule has 0 spiro atoms. The van der Waals surface area contributed by atoms with E-state index >= 15 is 0 Å². The maximum Gasteiger partial charge on any atom is 0.255 e. The van der Waals surface area contributed by atoms with Crippen LogP contribution in [0.3, 0.4) is 0 Å². The topological polar surface area (TPSA) is 126 Å². The Morgan fingerprint density at radius 1 is 1.07 bits per heavy atom. The Bertz CT molecular complexity index is 1220. The monoisotopic (exact) mass is 568 g/mol. The maximum absolute atomic E-state index is 13.4. The van der Waals surface area contributed by atoms with E-state index < -0.39 is 29.3 Å². The van der Waals surface area contributed by atoms with Crippen LogP contribution in [0.25, 0.3) is 0 Å². The van der Waals surface area contributed by atoms with Gasteiger partial charge >= 0.3 is 0 Å². The van der Waals surface area contributed by atoms with Crippen molar-refractivity contribution < 1.29 is 28.3 Å². The molecule has 4 amide bonds. The molecule has 1 aliphatic heterocycles. The molecule has 0 aromatic heterocycles. The van der Waals surface area contributed by atoms with Gasteiger partial charge in [0.15, 0.2) is 0 Å². The zero-order chi connectivity index (χ0) is 30.0. The molecule has 0 radical (unpaired) electrons. The van der Waals surface area contributed by atoms with E-state index in [-0.39, 0.29) is 55.1 Å². The average molecular weight is 569 g/mol. The van der Waals surface area contributed by atoms with Gasteiger partial charge < -0.3 is 26.0 Å². The van der Waals surface area contributed by atoms with E-state index in [0.29, 0.717) is 25.1 Å². The number of fused-ring (bicyclic) bond motifs is 1. The largest absolute Gasteiger partial charge is 0.493 e. The van der Waals surface area contributed by atoms with Gasteiger partial charge in [-0.2, -0.15) is 0 Å². The minimum atomic E-state index is -1.03. The van der Waals surface area contributed by atoms with Crippen LogP contribution in [0.4, 0.5) is 4.39 Å². The molecule has 41 heavy (non-hydrogen) atoms. The van der Waals surface area contributed by atoms with E-state index in [1.54, 1.807) is 36.4 Å². The fourth-order valence-electron chi connectivity index (χ4n) is 4.55. The number of nitrogens with one attached hydrogen (secondary N) is 4. The number of rotatable bonds is 6. The standard InChI is InChI=1S/C31H41FN4O5/c1-20(2)18-25-30(40)33-16-7-17-41-26-9-6-5-8-23(26)28(38)36-24(14-15-27(37)35-25)29(39)34-19-31(3,4)21-10-12-22(32)13-11-21/h5-6,8-13,20,24-25H,7,14-19H2,1-4H3,(H,33,40)(H,34,39)(H,35,37)(H,36,38)/t24-,25+/m0/s1. The highest BCUT2D eigenvalue weighted by Gasteiger charge is 2.28. The molecule has 4 N–H and O–H groups in total. The number of hydrogen-bond donors (Lipinski definition) is 4. The van der Waals surface area contributed by atoms with Gasteiger partial charge in [0.25, 0.3) is 5.91 Å². The predicted molar refractivity (Wildman–Crippen MR) is 154 cm³/mol. The molecule has 10 heteroatoms. The summed E-state index contributed by atoms with van der Waals surface area (Å²) in [5, 5.41) is 11.3. The highest BCUT2D eigenvalue weighted by molar-refractivity contribution is 5.99. The van der Waals surface area contributed by atoms with Crippen molar-refractivity contribution in [3.63, 3.8) is 0 Å². The van der Waals surface area contributed by atoms with Gasteiger partial charge in [0.1, 0.15) is 23.7 Å². The molecule has 2 aromatic rings. The van der Waals surface area contributed by atoms with Crippen molar-refractivity contribution in [2.24, 2.45) is 5.92 Å². The first-order valence-corrected chi connectivity index (χ1v) is 14.1. The third-order valence-electron chi connectivity index (χ3n) is 6.98. The van der Waals surface area contributed by atoms with Crippen LogP contribution < -0.4 is 26.0 Å². The summed E-state index contributed by atoms with van der Waals surface area (Å²) in [6.45, 7) is 8.59. The molecule has 9 nitrogen and oxygen atoms in total. The molecule has 0 saturated carbocycles. The lowest BCUT2D eigenvalue weighted by Gasteiger charge is -2.27. The summed E-state index contributed by atoms with van der Waals surface area (Å²) >= 11 is 0. The number of amides is 4. The molecule has 222 valence electrons. The van der Waals surface area contributed by atoms with Crippen LogP contribution in [-0.2, 0) is 19.8 Å². The minimum Gasteiger partial charge on any atom is -0.493 e. The molecular weight excluding hydrogens is 527 g/mol. The van der Waals surface area contributed by atoms with Crippen LogP contribution in [0.5, 0.6) is 5.75 Å². The SMILES string of the molecule is CC(C)C[C@H]1NC(=O)CC[C@@H](C(=O)NCC(C)(C)c2ccc(F)cc2)NC(=O)c2ccccc2OCCCNC1=O. The van der Waals surface area contributed by atoms with Crippen molar-refractivity contribution in [1.29, 1.82) is 0 Å². The van der Waals surface area contributed by atoms with Gasteiger partial charge in [-0.1, -0.05) is 52.0 Å². The van der Waals surface area contributed by atoms with Crippen LogP contribution in [0.1, 0.15) is 69.3 Å². The van der Waals surface area contributed by atoms with Crippen LogP contribution >= 0.6 is 0 Å². The van der Waals surface area contributed by atoms with Gasteiger partial charge in [0.2, 0.25) is 17.7 Å². The quantitative estimate of drug-likeness (QED) is 0.426. The second-order valence-corrected chi connectivity index (χ2v) is 11.4. The Morgan fingerprint density at radius 2 is 1.78 bits per heavy atom. The van der Waals surface area contributed by atoms with E-state index in [9.17, 15) is 23.6 Å². The maximum atomic E-state index is 13.4. The van der Waals surface area contributed by atoms with Crippen molar-refractivity contribution in [2.45, 2.75) is 70.9 Å². The molecule has 0 saturated heterocycles. The summed E-state index contributed by atoms with van der Waals surface area (Å²) in [4.78, 5) is 52.4. The second kappa shape index (κ2) is 14.6. The molecular formula is C31H41FN4O5. The molecule has 2 atom stereocenters. The first-order chi connectivity index (χ1) is 19.5. The summed E-state index contributed by atoms with van der Waals surface area (Å²) in [6.07, 6.45) is 0.888. The summed E-state index contributed by atoms with van der Waals surface area (Å²) in [5.74, 6) is -1.45. The van der Waals surface area contributed by atoms with Crippen molar-refractivity contribution in [2.75, 3.05) is 19.7 Å². The van der Waals surface area contributed by atoms with E-state index in [2.05, 4.69) is 21.3 Å². The van der Waals surface area contributed by atoms with Crippen molar-refractivity contribution in [3.8, 4) is 5.75 Å². The number of benzene rings is 2.